The molecule has 2 rings (SSSR count). The summed E-state index contributed by atoms with van der Waals surface area (Å²) in [6, 6.07) is 7.83. The fourth-order valence-corrected chi connectivity index (χ4v) is 1.90. The lowest BCUT2D eigenvalue weighted by Gasteiger charge is -2.25. The third-order valence-electron chi connectivity index (χ3n) is 3.16. The van der Waals surface area contributed by atoms with Gasteiger partial charge in [0.1, 0.15) is 5.58 Å². The second-order valence-electron chi connectivity index (χ2n) is 3.91. The molecule has 80 valence electrons. The normalized spacial score (nSPS) is 12.2. The smallest absolute Gasteiger partial charge is 0.134 e. The van der Waals surface area contributed by atoms with Crippen molar-refractivity contribution in [1.82, 2.24) is 0 Å². The minimum Gasteiger partial charge on any atom is -0.464 e. The number of benzene rings is 1. The minimum absolute atomic E-state index is 0.718. The number of fused-ring (bicyclic) bond motifs is 1. The van der Waals surface area contributed by atoms with Crippen LogP contribution in [0.5, 0.6) is 0 Å². The highest BCUT2D eigenvalue weighted by molar-refractivity contribution is 5.77. The molecule has 0 amide bonds. The van der Waals surface area contributed by atoms with Crippen LogP contribution in [0.4, 0.5) is 0 Å². The molecule has 0 atom stereocenters. The van der Waals surface area contributed by atoms with Gasteiger partial charge < -0.3 is 9.52 Å². The van der Waals surface area contributed by atoms with Gasteiger partial charge in [-0.1, -0.05) is 26.0 Å². The van der Waals surface area contributed by atoms with E-state index in [1.165, 1.54) is 0 Å². The van der Waals surface area contributed by atoms with Gasteiger partial charge in [0.25, 0.3) is 0 Å². The van der Waals surface area contributed by atoms with Gasteiger partial charge in [-0.25, -0.2) is 0 Å². The quantitative estimate of drug-likeness (QED) is 0.830. The molecule has 0 unspecified atom stereocenters. The van der Waals surface area contributed by atoms with Crippen molar-refractivity contribution in [2.45, 2.75) is 32.3 Å². The molecule has 0 saturated carbocycles. The first-order valence-corrected chi connectivity index (χ1v) is 5.39. The van der Waals surface area contributed by atoms with E-state index in [1.807, 2.05) is 38.1 Å². The van der Waals surface area contributed by atoms with Crippen LogP contribution < -0.4 is 0 Å². The number of hydrogen-bond acceptors (Lipinski definition) is 2. The van der Waals surface area contributed by atoms with Gasteiger partial charge >= 0.3 is 0 Å². The van der Waals surface area contributed by atoms with Crippen molar-refractivity contribution in [3.8, 4) is 0 Å². The minimum atomic E-state index is -0.721. The molecule has 2 heteroatoms. The second-order valence-corrected chi connectivity index (χ2v) is 3.91. The lowest BCUT2D eigenvalue weighted by atomic mass is 9.88. The highest BCUT2D eigenvalue weighted by Crippen LogP contribution is 2.30. The summed E-state index contributed by atoms with van der Waals surface area (Å²) in [7, 11) is 0. The van der Waals surface area contributed by atoms with Crippen LogP contribution >= 0.6 is 0 Å². The molecule has 0 spiro atoms. The summed E-state index contributed by atoms with van der Waals surface area (Å²) in [4.78, 5) is 0. The molecule has 15 heavy (non-hydrogen) atoms. The molecule has 2 nitrogen and oxygen atoms in total. The van der Waals surface area contributed by atoms with E-state index >= 15 is 0 Å². The standard InChI is InChI=1S/C13H16O2/c1-3-13(14,4-2)11-6-5-10-7-8-15-12(10)9-11/h5-9,14H,3-4H2,1-2H3. The van der Waals surface area contributed by atoms with Crippen molar-refractivity contribution in [1.29, 1.82) is 0 Å². The van der Waals surface area contributed by atoms with E-state index in [4.69, 9.17) is 4.42 Å². The van der Waals surface area contributed by atoms with Crippen molar-refractivity contribution in [3.05, 3.63) is 36.1 Å². The van der Waals surface area contributed by atoms with Gasteiger partial charge in [0, 0.05) is 5.39 Å². The number of hydrogen-bond donors (Lipinski definition) is 1. The van der Waals surface area contributed by atoms with E-state index < -0.39 is 5.60 Å². The van der Waals surface area contributed by atoms with Gasteiger partial charge in [0.05, 0.1) is 11.9 Å². The van der Waals surface area contributed by atoms with Gasteiger partial charge in [-0.3, -0.25) is 0 Å². The molecule has 0 radical (unpaired) electrons. The Labute approximate surface area is 89.5 Å². The first-order valence-electron chi connectivity index (χ1n) is 5.39. The van der Waals surface area contributed by atoms with Crippen LogP contribution in [0, 0.1) is 0 Å². The fourth-order valence-electron chi connectivity index (χ4n) is 1.90. The van der Waals surface area contributed by atoms with Crippen LogP contribution in [0.1, 0.15) is 32.3 Å². The maximum absolute atomic E-state index is 10.4. The lowest BCUT2D eigenvalue weighted by Crippen LogP contribution is -2.23. The van der Waals surface area contributed by atoms with E-state index in [0.29, 0.717) is 0 Å². The molecule has 1 aromatic carbocycles. The van der Waals surface area contributed by atoms with Gasteiger partial charge in [-0.2, -0.15) is 0 Å². The predicted molar refractivity (Wildman–Crippen MR) is 60.7 cm³/mol. The van der Waals surface area contributed by atoms with E-state index in [2.05, 4.69) is 0 Å². The van der Waals surface area contributed by atoms with Crippen LogP contribution in [0.3, 0.4) is 0 Å². The summed E-state index contributed by atoms with van der Waals surface area (Å²) in [6.07, 6.45) is 3.11. The molecule has 0 fully saturated rings. The van der Waals surface area contributed by atoms with Gasteiger partial charge in [-0.05, 0) is 30.5 Å². The van der Waals surface area contributed by atoms with Crippen LogP contribution in [-0.2, 0) is 5.60 Å². The zero-order chi connectivity index (χ0) is 10.9. The first-order chi connectivity index (χ1) is 7.19. The number of aliphatic hydroxyl groups is 1. The summed E-state index contributed by atoms with van der Waals surface area (Å²) in [5.74, 6) is 0. The monoisotopic (exact) mass is 204 g/mol. The van der Waals surface area contributed by atoms with Crippen LogP contribution in [-0.4, -0.2) is 5.11 Å². The molecular weight excluding hydrogens is 188 g/mol. The Hall–Kier alpha value is -1.28. The van der Waals surface area contributed by atoms with E-state index in [9.17, 15) is 5.11 Å². The molecule has 1 aromatic heterocycles. The van der Waals surface area contributed by atoms with Gasteiger partial charge in [0.15, 0.2) is 0 Å². The Bertz CT molecular complexity index is 452. The van der Waals surface area contributed by atoms with Crippen LogP contribution in [0.25, 0.3) is 11.0 Å². The highest BCUT2D eigenvalue weighted by atomic mass is 16.3. The topological polar surface area (TPSA) is 33.4 Å². The van der Waals surface area contributed by atoms with E-state index in [-0.39, 0.29) is 0 Å². The van der Waals surface area contributed by atoms with Crippen LogP contribution in [0.2, 0.25) is 0 Å². The van der Waals surface area contributed by atoms with Gasteiger partial charge in [0.2, 0.25) is 0 Å². The van der Waals surface area contributed by atoms with Crippen LogP contribution in [0.15, 0.2) is 34.9 Å². The highest BCUT2D eigenvalue weighted by Gasteiger charge is 2.24. The largest absolute Gasteiger partial charge is 0.464 e. The molecular formula is C13H16O2. The Morgan fingerprint density at radius 2 is 1.93 bits per heavy atom. The molecule has 0 bridgehead atoms. The third kappa shape index (κ3) is 1.65. The molecule has 0 saturated heterocycles. The van der Waals surface area contributed by atoms with Crippen molar-refractivity contribution in [2.24, 2.45) is 0 Å². The maximum atomic E-state index is 10.4. The fraction of sp³-hybridized carbons (Fsp3) is 0.385. The average molecular weight is 204 g/mol. The molecule has 0 aliphatic carbocycles. The zero-order valence-corrected chi connectivity index (χ0v) is 9.16. The Morgan fingerprint density at radius 1 is 1.20 bits per heavy atom. The van der Waals surface area contributed by atoms with E-state index in [0.717, 1.165) is 29.4 Å². The number of rotatable bonds is 3. The van der Waals surface area contributed by atoms with Crippen molar-refractivity contribution >= 4 is 11.0 Å². The predicted octanol–water partition coefficient (Wildman–Crippen LogP) is 3.44. The molecule has 0 aliphatic heterocycles. The second kappa shape index (κ2) is 3.70. The van der Waals surface area contributed by atoms with Crippen molar-refractivity contribution in [3.63, 3.8) is 0 Å². The van der Waals surface area contributed by atoms with E-state index in [1.54, 1.807) is 6.26 Å². The average Bonchev–Trinajstić information content (AvgIpc) is 2.74. The summed E-state index contributed by atoms with van der Waals surface area (Å²) in [5.41, 5.74) is 1.06. The Kier molecular flexibility index (Phi) is 2.53. The van der Waals surface area contributed by atoms with Gasteiger partial charge in [-0.15, -0.1) is 0 Å². The zero-order valence-electron chi connectivity index (χ0n) is 9.16. The third-order valence-corrected chi connectivity index (χ3v) is 3.16. The maximum Gasteiger partial charge on any atom is 0.134 e. The summed E-state index contributed by atoms with van der Waals surface area (Å²) in [6.45, 7) is 3.99. The summed E-state index contributed by atoms with van der Waals surface area (Å²) >= 11 is 0. The SMILES string of the molecule is CCC(O)(CC)c1ccc2ccoc2c1. The summed E-state index contributed by atoms with van der Waals surface area (Å²) in [5, 5.41) is 11.4. The van der Waals surface area contributed by atoms with Crippen molar-refractivity contribution < 1.29 is 9.52 Å². The molecule has 1 heterocycles. The lowest BCUT2D eigenvalue weighted by molar-refractivity contribution is 0.0284. The Balaban J connectivity index is 2.51. The molecule has 0 aliphatic rings. The van der Waals surface area contributed by atoms with Crippen molar-refractivity contribution in [2.75, 3.05) is 0 Å². The Morgan fingerprint density at radius 3 is 2.60 bits per heavy atom. The first kappa shape index (κ1) is 10.2. The summed E-state index contributed by atoms with van der Waals surface area (Å²) < 4.78 is 5.33. The number of furan rings is 1. The molecule has 1 N–H and O–H groups in total. The molecule has 2 aromatic rings.